The highest BCUT2D eigenvalue weighted by Crippen LogP contribution is 2.61. The summed E-state index contributed by atoms with van der Waals surface area (Å²) in [5, 5.41) is 0. The minimum absolute atomic E-state index is 0.0309. The van der Waals surface area contributed by atoms with Crippen molar-refractivity contribution in [3.8, 4) is 0 Å². The summed E-state index contributed by atoms with van der Waals surface area (Å²) in [4.78, 5) is 16.7. The largest absolute Gasteiger partial charge is 0.465 e. The van der Waals surface area contributed by atoms with Crippen LogP contribution in [-0.4, -0.2) is 11.9 Å². The van der Waals surface area contributed by atoms with E-state index in [9.17, 15) is 4.79 Å². The fourth-order valence-corrected chi connectivity index (χ4v) is 5.52. The van der Waals surface area contributed by atoms with Gasteiger partial charge >= 0.3 is 5.97 Å². The summed E-state index contributed by atoms with van der Waals surface area (Å²) < 4.78 is 10.9. The molecule has 1 aromatic heterocycles. The Balaban J connectivity index is 1.50. The van der Waals surface area contributed by atoms with Gasteiger partial charge in [0.1, 0.15) is 5.76 Å². The van der Waals surface area contributed by atoms with E-state index in [0.29, 0.717) is 17.4 Å². The lowest BCUT2D eigenvalue weighted by Crippen LogP contribution is -2.50. The molecule has 0 N–H and O–H groups in total. The highest BCUT2D eigenvalue weighted by molar-refractivity contribution is 6.08. The van der Waals surface area contributed by atoms with Gasteiger partial charge in [0, 0.05) is 11.5 Å². The van der Waals surface area contributed by atoms with Crippen molar-refractivity contribution in [2.24, 2.45) is 28.2 Å². The van der Waals surface area contributed by atoms with Crippen LogP contribution < -0.4 is 0 Å². The maximum absolute atomic E-state index is 12.2. The molecular formula is C18H19NO3. The molecule has 4 bridgehead atoms. The number of rotatable bonds is 2. The smallest absolute Gasteiger partial charge is 0.363 e. The van der Waals surface area contributed by atoms with Gasteiger partial charge in [-0.1, -0.05) is 0 Å². The maximum Gasteiger partial charge on any atom is 0.363 e. The lowest BCUT2D eigenvalue weighted by atomic mass is 9.49. The van der Waals surface area contributed by atoms with Gasteiger partial charge in [-0.25, -0.2) is 9.79 Å². The second-order valence-electron chi connectivity index (χ2n) is 7.55. The van der Waals surface area contributed by atoms with Crippen LogP contribution in [0.15, 0.2) is 33.5 Å². The van der Waals surface area contributed by atoms with E-state index in [1.165, 1.54) is 19.3 Å². The molecule has 5 aliphatic rings. The molecule has 0 unspecified atom stereocenters. The Labute approximate surface area is 129 Å². The molecule has 4 saturated carbocycles. The second kappa shape index (κ2) is 4.34. The average molecular weight is 297 g/mol. The Morgan fingerprint density at radius 2 is 1.82 bits per heavy atom. The van der Waals surface area contributed by atoms with Gasteiger partial charge in [-0.2, -0.15) is 0 Å². The summed E-state index contributed by atoms with van der Waals surface area (Å²) >= 11 is 0. The number of cyclic esters (lactones) is 1. The molecule has 0 saturated heterocycles. The van der Waals surface area contributed by atoms with Gasteiger partial charge in [-0.05, 0) is 68.4 Å². The van der Waals surface area contributed by atoms with E-state index in [4.69, 9.17) is 9.15 Å². The summed E-state index contributed by atoms with van der Waals surface area (Å²) in [5.74, 6) is 3.43. The van der Waals surface area contributed by atoms with E-state index < -0.39 is 0 Å². The van der Waals surface area contributed by atoms with Crippen LogP contribution in [0.25, 0.3) is 6.08 Å². The molecule has 1 aromatic rings. The van der Waals surface area contributed by atoms with Crippen LogP contribution in [0.1, 0.15) is 44.3 Å². The molecule has 0 atom stereocenters. The number of hydrogen-bond acceptors (Lipinski definition) is 4. The molecule has 2 heterocycles. The van der Waals surface area contributed by atoms with Crippen molar-refractivity contribution in [1.29, 1.82) is 0 Å². The minimum atomic E-state index is -0.331. The molecule has 0 radical (unpaired) electrons. The summed E-state index contributed by atoms with van der Waals surface area (Å²) in [6.07, 6.45) is 10.8. The fraction of sp³-hybridized carbons (Fsp3) is 0.556. The zero-order chi connectivity index (χ0) is 14.7. The number of aliphatic imine (C=N–C) groups is 1. The number of hydrogen-bond donors (Lipinski definition) is 0. The van der Waals surface area contributed by atoms with Gasteiger partial charge in [0.2, 0.25) is 5.90 Å². The lowest BCUT2D eigenvalue weighted by molar-refractivity contribution is -0.131. The second-order valence-corrected chi connectivity index (χ2v) is 7.55. The van der Waals surface area contributed by atoms with Crippen molar-refractivity contribution in [3.63, 3.8) is 0 Å². The first-order valence-electron chi connectivity index (χ1n) is 8.27. The molecule has 114 valence electrons. The van der Waals surface area contributed by atoms with Gasteiger partial charge < -0.3 is 9.15 Å². The molecule has 6 rings (SSSR count). The van der Waals surface area contributed by atoms with Crippen LogP contribution in [0.3, 0.4) is 0 Å². The van der Waals surface area contributed by atoms with Crippen molar-refractivity contribution in [2.45, 2.75) is 38.5 Å². The number of furan rings is 1. The topological polar surface area (TPSA) is 51.8 Å². The van der Waals surface area contributed by atoms with Crippen molar-refractivity contribution in [2.75, 3.05) is 0 Å². The van der Waals surface area contributed by atoms with Gasteiger partial charge in [0.15, 0.2) is 5.70 Å². The molecule has 4 heteroatoms. The van der Waals surface area contributed by atoms with Crippen LogP contribution in [0.2, 0.25) is 0 Å². The van der Waals surface area contributed by atoms with Crippen molar-refractivity contribution < 1.29 is 13.9 Å². The Kier molecular flexibility index (Phi) is 2.50. The Hall–Kier alpha value is -1.84. The number of nitrogens with zero attached hydrogens (tertiary/aromatic N) is 1. The molecular weight excluding hydrogens is 278 g/mol. The predicted octanol–water partition coefficient (Wildman–Crippen LogP) is 3.79. The SMILES string of the molecule is O=C1OC(C23CC4CC(CC(C4)C2)C3)=N/C1=C/c1ccco1. The number of ether oxygens (including phenoxy) is 1. The molecule has 22 heavy (non-hydrogen) atoms. The maximum atomic E-state index is 12.2. The third kappa shape index (κ3) is 1.82. The van der Waals surface area contributed by atoms with E-state index in [0.717, 1.165) is 37.0 Å². The van der Waals surface area contributed by atoms with Gasteiger partial charge in [0.05, 0.1) is 6.26 Å². The van der Waals surface area contributed by atoms with E-state index in [-0.39, 0.29) is 11.4 Å². The lowest BCUT2D eigenvalue weighted by Gasteiger charge is -2.55. The molecule has 0 amide bonds. The molecule has 1 aliphatic heterocycles. The van der Waals surface area contributed by atoms with Crippen molar-refractivity contribution in [3.05, 3.63) is 29.9 Å². The summed E-state index contributed by atoms with van der Waals surface area (Å²) in [5.41, 5.74) is 0.407. The number of carbonyl (C=O) groups excluding carboxylic acids is 1. The zero-order valence-corrected chi connectivity index (χ0v) is 12.5. The summed E-state index contributed by atoms with van der Waals surface area (Å²) in [7, 11) is 0. The van der Waals surface area contributed by atoms with Crippen LogP contribution in [0, 0.1) is 23.2 Å². The Morgan fingerprint density at radius 1 is 1.14 bits per heavy atom. The van der Waals surface area contributed by atoms with E-state index >= 15 is 0 Å². The fourth-order valence-electron chi connectivity index (χ4n) is 5.52. The van der Waals surface area contributed by atoms with Crippen LogP contribution >= 0.6 is 0 Å². The highest BCUT2D eigenvalue weighted by atomic mass is 16.6. The quantitative estimate of drug-likeness (QED) is 0.616. The van der Waals surface area contributed by atoms with Gasteiger partial charge in [-0.3, -0.25) is 0 Å². The minimum Gasteiger partial charge on any atom is -0.465 e. The standard InChI is InChI=1S/C18H19NO3/c20-16-15(7-14-2-1-3-21-14)19-17(22-16)18-8-11-4-12(9-18)6-13(5-11)10-18/h1-3,7,11-13H,4-6,8-10H2/b15-7+. The van der Waals surface area contributed by atoms with Crippen LogP contribution in [-0.2, 0) is 9.53 Å². The molecule has 0 aromatic carbocycles. The monoisotopic (exact) mass is 297 g/mol. The van der Waals surface area contributed by atoms with E-state index in [1.54, 1.807) is 18.4 Å². The van der Waals surface area contributed by atoms with Crippen LogP contribution in [0.5, 0.6) is 0 Å². The van der Waals surface area contributed by atoms with Crippen LogP contribution in [0.4, 0.5) is 0 Å². The Bertz CT molecular complexity index is 648. The van der Waals surface area contributed by atoms with E-state index in [1.807, 2.05) is 6.07 Å². The van der Waals surface area contributed by atoms with Crippen molar-refractivity contribution in [1.82, 2.24) is 0 Å². The number of esters is 1. The van der Waals surface area contributed by atoms with Gasteiger partial charge in [0.25, 0.3) is 0 Å². The average Bonchev–Trinajstić information content (AvgIpc) is 3.09. The van der Waals surface area contributed by atoms with Gasteiger partial charge in [-0.15, -0.1) is 0 Å². The van der Waals surface area contributed by atoms with Crippen molar-refractivity contribution >= 4 is 17.9 Å². The third-order valence-corrected chi connectivity index (χ3v) is 5.93. The Morgan fingerprint density at radius 3 is 2.41 bits per heavy atom. The molecule has 4 aliphatic carbocycles. The zero-order valence-electron chi connectivity index (χ0n) is 12.5. The molecule has 0 spiro atoms. The summed E-state index contributed by atoms with van der Waals surface area (Å²) in [6, 6.07) is 3.62. The predicted molar refractivity (Wildman–Crippen MR) is 80.8 cm³/mol. The molecule has 4 fully saturated rings. The highest BCUT2D eigenvalue weighted by Gasteiger charge is 2.55. The normalized spacial score (nSPS) is 41.1. The summed E-state index contributed by atoms with van der Waals surface area (Å²) in [6.45, 7) is 0. The first-order chi connectivity index (χ1) is 10.7. The first kappa shape index (κ1) is 12.7. The number of carbonyl (C=O) groups is 1. The first-order valence-corrected chi connectivity index (χ1v) is 8.27. The molecule has 4 nitrogen and oxygen atoms in total. The van der Waals surface area contributed by atoms with E-state index in [2.05, 4.69) is 4.99 Å². The third-order valence-electron chi connectivity index (χ3n) is 5.93.